The average molecular weight is 289 g/mol. The number of hydrogen-bond acceptors (Lipinski definition) is 3. The molecule has 0 aliphatic heterocycles. The molecule has 0 heterocycles. The number of hydrogen-bond donors (Lipinski definition) is 1. The van der Waals surface area contributed by atoms with E-state index in [1.165, 1.54) is 31.2 Å². The highest BCUT2D eigenvalue weighted by atomic mass is 16.5. The van der Waals surface area contributed by atoms with Gasteiger partial charge >= 0.3 is 0 Å². The lowest BCUT2D eigenvalue weighted by Gasteiger charge is -2.17. The highest BCUT2D eigenvalue weighted by molar-refractivity contribution is 5.27. The van der Waals surface area contributed by atoms with Crippen molar-refractivity contribution in [3.05, 3.63) is 29.8 Å². The SMILES string of the molecule is COCCc1ccc(OCCNC(C2CC2)C2CC2)cc1. The summed E-state index contributed by atoms with van der Waals surface area (Å²) >= 11 is 0. The van der Waals surface area contributed by atoms with Crippen LogP contribution in [0.15, 0.2) is 24.3 Å². The minimum absolute atomic E-state index is 0.757. The fourth-order valence-electron chi connectivity index (χ4n) is 3.00. The van der Waals surface area contributed by atoms with E-state index in [1.807, 2.05) is 0 Å². The maximum absolute atomic E-state index is 5.82. The molecule has 2 fully saturated rings. The summed E-state index contributed by atoms with van der Waals surface area (Å²) in [5.41, 5.74) is 1.30. The van der Waals surface area contributed by atoms with Crippen LogP contribution in [0, 0.1) is 11.8 Å². The Morgan fingerprint density at radius 2 is 1.71 bits per heavy atom. The Morgan fingerprint density at radius 1 is 1.05 bits per heavy atom. The lowest BCUT2D eigenvalue weighted by Crippen LogP contribution is -2.36. The van der Waals surface area contributed by atoms with Gasteiger partial charge in [-0.3, -0.25) is 0 Å². The minimum Gasteiger partial charge on any atom is -0.492 e. The smallest absolute Gasteiger partial charge is 0.119 e. The number of methoxy groups -OCH3 is 1. The fraction of sp³-hybridized carbons (Fsp3) is 0.667. The number of ether oxygens (including phenoxy) is 2. The maximum Gasteiger partial charge on any atom is 0.119 e. The summed E-state index contributed by atoms with van der Waals surface area (Å²) in [6.07, 6.45) is 6.68. The molecule has 0 radical (unpaired) electrons. The van der Waals surface area contributed by atoms with Crippen LogP contribution in [0.5, 0.6) is 5.75 Å². The molecule has 1 N–H and O–H groups in total. The van der Waals surface area contributed by atoms with Gasteiger partial charge in [0.2, 0.25) is 0 Å². The van der Waals surface area contributed by atoms with Gasteiger partial charge in [-0.25, -0.2) is 0 Å². The standard InChI is InChI=1S/C18H27NO2/c1-20-12-10-14-2-8-17(9-3-14)21-13-11-19-18(15-4-5-15)16-6-7-16/h2-3,8-9,15-16,18-19H,4-7,10-13H2,1H3. The summed E-state index contributed by atoms with van der Waals surface area (Å²) in [6.45, 7) is 2.49. The molecule has 21 heavy (non-hydrogen) atoms. The van der Waals surface area contributed by atoms with Crippen LogP contribution in [0.2, 0.25) is 0 Å². The van der Waals surface area contributed by atoms with Crippen molar-refractivity contribution in [2.24, 2.45) is 11.8 Å². The first-order valence-corrected chi connectivity index (χ1v) is 8.31. The molecule has 2 aliphatic carbocycles. The van der Waals surface area contributed by atoms with Gasteiger partial charge in [-0.1, -0.05) is 12.1 Å². The average Bonchev–Trinajstić information content (AvgIpc) is 3.39. The van der Waals surface area contributed by atoms with Gasteiger partial charge in [0.25, 0.3) is 0 Å². The Kier molecular flexibility index (Phi) is 5.15. The predicted octanol–water partition coefficient (Wildman–Crippen LogP) is 3.03. The molecule has 116 valence electrons. The lowest BCUT2D eigenvalue weighted by molar-refractivity contribution is 0.202. The Labute approximate surface area is 128 Å². The molecule has 2 saturated carbocycles. The predicted molar refractivity (Wildman–Crippen MR) is 84.8 cm³/mol. The molecule has 0 spiro atoms. The zero-order valence-electron chi connectivity index (χ0n) is 13.0. The van der Waals surface area contributed by atoms with Crippen LogP contribution in [0.3, 0.4) is 0 Å². The van der Waals surface area contributed by atoms with Crippen molar-refractivity contribution in [2.45, 2.75) is 38.1 Å². The van der Waals surface area contributed by atoms with Crippen molar-refractivity contribution in [3.8, 4) is 5.75 Å². The molecule has 3 heteroatoms. The first kappa shape index (κ1) is 14.9. The highest BCUT2D eigenvalue weighted by Crippen LogP contribution is 2.44. The van der Waals surface area contributed by atoms with E-state index in [1.54, 1.807) is 7.11 Å². The number of rotatable bonds is 10. The molecule has 0 bridgehead atoms. The van der Waals surface area contributed by atoms with E-state index >= 15 is 0 Å². The Hall–Kier alpha value is -1.06. The van der Waals surface area contributed by atoms with Crippen LogP contribution in [-0.4, -0.2) is 32.9 Å². The van der Waals surface area contributed by atoms with Crippen molar-refractivity contribution in [1.29, 1.82) is 0 Å². The Bertz CT molecular complexity index is 411. The summed E-state index contributed by atoms with van der Waals surface area (Å²) in [7, 11) is 1.74. The quantitative estimate of drug-likeness (QED) is 0.672. The van der Waals surface area contributed by atoms with Gasteiger partial charge in [-0.15, -0.1) is 0 Å². The topological polar surface area (TPSA) is 30.5 Å². The minimum atomic E-state index is 0.757. The molecule has 3 nitrogen and oxygen atoms in total. The van der Waals surface area contributed by atoms with Crippen LogP contribution in [0.25, 0.3) is 0 Å². The van der Waals surface area contributed by atoms with E-state index in [4.69, 9.17) is 9.47 Å². The van der Waals surface area contributed by atoms with Gasteiger partial charge < -0.3 is 14.8 Å². The van der Waals surface area contributed by atoms with Crippen LogP contribution >= 0.6 is 0 Å². The van der Waals surface area contributed by atoms with Crippen molar-refractivity contribution < 1.29 is 9.47 Å². The fourth-order valence-corrected chi connectivity index (χ4v) is 3.00. The molecule has 0 atom stereocenters. The van der Waals surface area contributed by atoms with E-state index in [9.17, 15) is 0 Å². The van der Waals surface area contributed by atoms with Gasteiger partial charge in [-0.2, -0.15) is 0 Å². The molecular formula is C18H27NO2. The zero-order valence-corrected chi connectivity index (χ0v) is 13.0. The third kappa shape index (κ3) is 4.72. The third-order valence-electron chi connectivity index (χ3n) is 4.53. The molecule has 1 aromatic rings. The molecule has 1 aromatic carbocycles. The molecular weight excluding hydrogens is 262 g/mol. The second-order valence-electron chi connectivity index (χ2n) is 6.39. The van der Waals surface area contributed by atoms with Crippen molar-refractivity contribution in [2.75, 3.05) is 26.9 Å². The van der Waals surface area contributed by atoms with Crippen LogP contribution in [-0.2, 0) is 11.2 Å². The third-order valence-corrected chi connectivity index (χ3v) is 4.53. The first-order valence-electron chi connectivity index (χ1n) is 8.31. The van der Waals surface area contributed by atoms with Gasteiger partial charge in [-0.05, 0) is 61.6 Å². The number of nitrogens with one attached hydrogen (secondary N) is 1. The summed E-state index contributed by atoms with van der Waals surface area (Å²) in [6, 6.07) is 9.14. The highest BCUT2D eigenvalue weighted by Gasteiger charge is 2.40. The lowest BCUT2D eigenvalue weighted by atomic mass is 10.1. The number of benzene rings is 1. The van der Waals surface area contributed by atoms with Gasteiger partial charge in [0.15, 0.2) is 0 Å². The molecule has 3 rings (SSSR count). The first-order chi connectivity index (χ1) is 10.4. The molecule has 0 amide bonds. The monoisotopic (exact) mass is 289 g/mol. The Balaban J connectivity index is 1.34. The second-order valence-corrected chi connectivity index (χ2v) is 6.39. The molecule has 0 unspecified atom stereocenters. The van der Waals surface area contributed by atoms with Crippen LogP contribution < -0.4 is 10.1 Å². The van der Waals surface area contributed by atoms with Crippen molar-refractivity contribution >= 4 is 0 Å². The summed E-state index contributed by atoms with van der Waals surface area (Å²) in [4.78, 5) is 0. The van der Waals surface area contributed by atoms with E-state index in [2.05, 4.69) is 29.6 Å². The van der Waals surface area contributed by atoms with E-state index in [0.29, 0.717) is 0 Å². The van der Waals surface area contributed by atoms with Crippen LogP contribution in [0.1, 0.15) is 31.2 Å². The van der Waals surface area contributed by atoms with Crippen LogP contribution in [0.4, 0.5) is 0 Å². The van der Waals surface area contributed by atoms with Gasteiger partial charge in [0, 0.05) is 19.7 Å². The van der Waals surface area contributed by atoms with Gasteiger partial charge in [0.05, 0.1) is 6.61 Å². The molecule has 0 aromatic heterocycles. The van der Waals surface area contributed by atoms with E-state index in [-0.39, 0.29) is 0 Å². The normalized spacial score (nSPS) is 18.2. The molecule has 2 aliphatic rings. The zero-order chi connectivity index (χ0) is 14.5. The second kappa shape index (κ2) is 7.28. The summed E-state index contributed by atoms with van der Waals surface area (Å²) in [5.74, 6) is 2.88. The van der Waals surface area contributed by atoms with E-state index < -0.39 is 0 Å². The van der Waals surface area contributed by atoms with Crippen molar-refractivity contribution in [1.82, 2.24) is 5.32 Å². The summed E-state index contributed by atoms with van der Waals surface area (Å²) in [5, 5.41) is 3.71. The maximum atomic E-state index is 5.82. The largest absolute Gasteiger partial charge is 0.492 e. The molecule has 0 saturated heterocycles. The van der Waals surface area contributed by atoms with E-state index in [0.717, 1.165) is 49.8 Å². The Morgan fingerprint density at radius 3 is 2.29 bits per heavy atom. The van der Waals surface area contributed by atoms with Gasteiger partial charge in [0.1, 0.15) is 12.4 Å². The van der Waals surface area contributed by atoms with Crippen molar-refractivity contribution in [3.63, 3.8) is 0 Å². The summed E-state index contributed by atoms with van der Waals surface area (Å²) < 4.78 is 10.9.